The van der Waals surface area contributed by atoms with Gasteiger partial charge in [0, 0.05) is 18.1 Å². The van der Waals surface area contributed by atoms with Gasteiger partial charge in [-0.05, 0) is 39.0 Å². The van der Waals surface area contributed by atoms with Crippen molar-refractivity contribution in [2.75, 3.05) is 6.61 Å². The van der Waals surface area contributed by atoms with Crippen molar-refractivity contribution in [3.8, 4) is 0 Å². The Morgan fingerprint density at radius 3 is 2.24 bits per heavy atom. The lowest BCUT2D eigenvalue weighted by molar-refractivity contribution is -0.148. The molecular weight excluding hydrogens is 292 g/mol. The maximum absolute atomic E-state index is 12.4. The van der Waals surface area contributed by atoms with Gasteiger partial charge in [-0.1, -0.05) is 13.8 Å². The highest BCUT2D eigenvalue weighted by Crippen LogP contribution is 2.50. The lowest BCUT2D eigenvalue weighted by Crippen LogP contribution is -2.66. The van der Waals surface area contributed by atoms with Crippen molar-refractivity contribution in [2.24, 2.45) is 10.6 Å². The first-order chi connectivity index (χ1) is 9.77. The molecule has 0 spiro atoms. The van der Waals surface area contributed by atoms with Crippen LogP contribution in [0.4, 0.5) is 0 Å². The number of ether oxygens (including phenoxy) is 1. The van der Waals surface area contributed by atoms with Crippen LogP contribution >= 0.6 is 0 Å². The number of hydrogen-bond acceptors (Lipinski definition) is 4. The van der Waals surface area contributed by atoms with Crippen LogP contribution < -0.4 is 10.5 Å². The summed E-state index contributed by atoms with van der Waals surface area (Å²) >= 11 is 0. The van der Waals surface area contributed by atoms with Crippen molar-refractivity contribution in [3.05, 3.63) is 0 Å². The van der Waals surface area contributed by atoms with E-state index in [0.29, 0.717) is 19.4 Å². The molecule has 1 amide bonds. The molecule has 7 heteroatoms. The zero-order chi connectivity index (χ0) is 15.9. The highest BCUT2D eigenvalue weighted by Gasteiger charge is 2.62. The summed E-state index contributed by atoms with van der Waals surface area (Å²) in [6.45, 7) is 6.77. The number of primary sulfonamides is 1. The Morgan fingerprint density at radius 1 is 1.29 bits per heavy atom. The van der Waals surface area contributed by atoms with Crippen LogP contribution in [0.1, 0.15) is 52.9 Å². The number of carbonyl (C=O) groups excluding carboxylic acids is 1. The predicted octanol–water partition coefficient (Wildman–Crippen LogP) is 0.907. The Hall–Kier alpha value is -0.660. The van der Waals surface area contributed by atoms with Gasteiger partial charge in [0.25, 0.3) is 0 Å². The zero-order valence-electron chi connectivity index (χ0n) is 13.0. The van der Waals surface area contributed by atoms with Gasteiger partial charge < -0.3 is 10.1 Å². The molecule has 0 saturated heterocycles. The Labute approximate surface area is 126 Å². The third-order valence-electron chi connectivity index (χ3n) is 5.44. The average molecular weight is 318 g/mol. The van der Waals surface area contributed by atoms with Gasteiger partial charge in [0.2, 0.25) is 15.9 Å². The van der Waals surface area contributed by atoms with Gasteiger partial charge in [-0.15, -0.1) is 0 Å². The molecular formula is C14H26N2O4S. The summed E-state index contributed by atoms with van der Waals surface area (Å²) in [6, 6.07) is -0.0317. The molecule has 0 unspecified atom stereocenters. The number of nitrogens with two attached hydrogens (primary N) is 1. The normalized spacial score (nSPS) is 29.5. The summed E-state index contributed by atoms with van der Waals surface area (Å²) in [5, 5.41) is 8.13. The molecule has 3 N–H and O–H groups in total. The van der Waals surface area contributed by atoms with Crippen LogP contribution in [0, 0.1) is 5.41 Å². The Balaban J connectivity index is 2.09. The van der Waals surface area contributed by atoms with Gasteiger partial charge >= 0.3 is 0 Å². The second-order valence-corrected chi connectivity index (χ2v) is 8.06. The Morgan fingerprint density at radius 2 is 1.86 bits per heavy atom. The smallest absolute Gasteiger partial charge is 0.243 e. The van der Waals surface area contributed by atoms with Crippen molar-refractivity contribution >= 4 is 15.9 Å². The minimum atomic E-state index is -3.84. The number of nitrogens with one attached hydrogen (secondary N) is 1. The van der Waals surface area contributed by atoms with E-state index in [1.165, 1.54) is 0 Å². The average Bonchev–Trinajstić information content (AvgIpc) is 3.19. The number of sulfonamides is 1. The van der Waals surface area contributed by atoms with Gasteiger partial charge in [0.05, 0.1) is 6.10 Å². The molecule has 0 aliphatic heterocycles. The second-order valence-electron chi connectivity index (χ2n) is 6.19. The van der Waals surface area contributed by atoms with E-state index in [1.807, 2.05) is 6.92 Å². The molecule has 6 nitrogen and oxygen atoms in total. The third kappa shape index (κ3) is 2.49. The van der Waals surface area contributed by atoms with Crippen LogP contribution in [0.15, 0.2) is 0 Å². The Kier molecular flexibility index (Phi) is 4.39. The first kappa shape index (κ1) is 16.7. The van der Waals surface area contributed by atoms with Crippen LogP contribution in [0.2, 0.25) is 0 Å². The molecule has 2 aliphatic carbocycles. The van der Waals surface area contributed by atoms with E-state index < -0.39 is 20.7 Å². The molecule has 122 valence electrons. The highest BCUT2D eigenvalue weighted by atomic mass is 32.2. The topological polar surface area (TPSA) is 98.5 Å². The minimum absolute atomic E-state index is 0.0317. The van der Waals surface area contributed by atoms with Crippen LogP contribution in [-0.2, 0) is 19.6 Å². The minimum Gasteiger partial charge on any atom is -0.378 e. The van der Waals surface area contributed by atoms with Crippen LogP contribution in [-0.4, -0.2) is 37.8 Å². The van der Waals surface area contributed by atoms with Gasteiger partial charge in [0.15, 0.2) is 4.75 Å². The number of hydrogen-bond donors (Lipinski definition) is 2. The van der Waals surface area contributed by atoms with E-state index in [2.05, 4.69) is 19.2 Å². The Bertz CT molecular complexity index is 509. The summed E-state index contributed by atoms with van der Waals surface area (Å²) in [7, 11) is -3.84. The fourth-order valence-electron chi connectivity index (χ4n) is 3.63. The maximum Gasteiger partial charge on any atom is 0.243 e. The molecule has 2 atom stereocenters. The molecule has 2 aliphatic rings. The van der Waals surface area contributed by atoms with E-state index in [0.717, 1.165) is 19.3 Å². The predicted molar refractivity (Wildman–Crippen MR) is 80.0 cm³/mol. The number of carbonyl (C=O) groups is 1. The molecule has 0 bridgehead atoms. The SMILES string of the molecule is CCO[C@H]1C[C@@H](NC(=O)C2(S(N)(=O)=O)CC2)C1(CC)CC. The highest BCUT2D eigenvalue weighted by molar-refractivity contribution is 7.91. The summed E-state index contributed by atoms with van der Waals surface area (Å²) in [5.41, 5.74) is -0.0971. The van der Waals surface area contributed by atoms with Crippen LogP contribution in [0.25, 0.3) is 0 Å². The standard InChI is InChI=1S/C14H26N2O4S/c1-4-13(5-2)10(9-11(13)20-6-3)16-12(17)14(7-8-14)21(15,18)19/h10-11H,4-9H2,1-3H3,(H,16,17)(H2,15,18,19)/t10-,11+/m1/s1. The molecule has 0 radical (unpaired) electrons. The largest absolute Gasteiger partial charge is 0.378 e. The van der Waals surface area contributed by atoms with E-state index in [4.69, 9.17) is 9.88 Å². The zero-order valence-corrected chi connectivity index (χ0v) is 13.8. The molecule has 2 fully saturated rings. The molecule has 2 saturated carbocycles. The maximum atomic E-state index is 12.4. The van der Waals surface area contributed by atoms with Gasteiger partial charge in [-0.2, -0.15) is 0 Å². The molecule has 0 aromatic carbocycles. The first-order valence-electron chi connectivity index (χ1n) is 7.72. The van der Waals surface area contributed by atoms with E-state index >= 15 is 0 Å². The molecule has 2 rings (SSSR count). The quantitative estimate of drug-likeness (QED) is 0.729. The van der Waals surface area contributed by atoms with Gasteiger partial charge in [-0.25, -0.2) is 13.6 Å². The molecule has 21 heavy (non-hydrogen) atoms. The van der Waals surface area contributed by atoms with E-state index in [9.17, 15) is 13.2 Å². The molecule has 0 aromatic rings. The van der Waals surface area contributed by atoms with Crippen LogP contribution in [0.5, 0.6) is 0 Å². The molecule has 0 heterocycles. The van der Waals surface area contributed by atoms with E-state index in [-0.39, 0.29) is 17.6 Å². The number of amides is 1. The van der Waals surface area contributed by atoms with Crippen molar-refractivity contribution in [3.63, 3.8) is 0 Å². The van der Waals surface area contributed by atoms with Gasteiger partial charge in [0.1, 0.15) is 0 Å². The first-order valence-corrected chi connectivity index (χ1v) is 9.27. The fraction of sp³-hybridized carbons (Fsp3) is 0.929. The number of rotatable bonds is 7. The summed E-state index contributed by atoms with van der Waals surface area (Å²) in [5.74, 6) is -0.434. The van der Waals surface area contributed by atoms with Crippen LogP contribution in [0.3, 0.4) is 0 Å². The van der Waals surface area contributed by atoms with Crippen molar-refractivity contribution in [1.29, 1.82) is 0 Å². The molecule has 0 aromatic heterocycles. The summed E-state index contributed by atoms with van der Waals surface area (Å²) in [6.07, 6.45) is 3.30. The van der Waals surface area contributed by atoms with Crippen molar-refractivity contribution < 1.29 is 17.9 Å². The van der Waals surface area contributed by atoms with Crippen molar-refractivity contribution in [2.45, 2.75) is 69.8 Å². The lowest BCUT2D eigenvalue weighted by Gasteiger charge is -2.55. The monoisotopic (exact) mass is 318 g/mol. The third-order valence-corrected chi connectivity index (χ3v) is 7.12. The summed E-state index contributed by atoms with van der Waals surface area (Å²) in [4.78, 5) is 12.4. The second kappa shape index (κ2) is 5.52. The lowest BCUT2D eigenvalue weighted by atomic mass is 9.58. The van der Waals surface area contributed by atoms with Gasteiger partial charge in [-0.3, -0.25) is 4.79 Å². The van der Waals surface area contributed by atoms with E-state index in [1.54, 1.807) is 0 Å². The fourth-order valence-corrected chi connectivity index (χ4v) is 4.62. The van der Waals surface area contributed by atoms with Crippen molar-refractivity contribution in [1.82, 2.24) is 5.32 Å². The summed E-state index contributed by atoms with van der Waals surface area (Å²) < 4.78 is 27.6.